The van der Waals surface area contributed by atoms with Gasteiger partial charge in [0.25, 0.3) is 5.91 Å². The first-order valence-corrected chi connectivity index (χ1v) is 8.36. The van der Waals surface area contributed by atoms with Crippen molar-refractivity contribution in [3.63, 3.8) is 0 Å². The van der Waals surface area contributed by atoms with E-state index in [1.807, 2.05) is 0 Å². The Balaban J connectivity index is 1.54. The van der Waals surface area contributed by atoms with Crippen molar-refractivity contribution in [1.29, 1.82) is 0 Å². The van der Waals surface area contributed by atoms with Crippen molar-refractivity contribution in [3.8, 4) is 0 Å². The molecule has 0 unspecified atom stereocenters. The first-order valence-electron chi connectivity index (χ1n) is 7.13. The van der Waals surface area contributed by atoms with Crippen LogP contribution in [0.5, 0.6) is 0 Å². The van der Waals surface area contributed by atoms with Crippen molar-refractivity contribution in [2.75, 3.05) is 26.2 Å². The fourth-order valence-corrected chi connectivity index (χ4v) is 3.44. The molecule has 1 N–H and O–H groups in total. The number of rotatable bonds is 3. The number of amides is 1. The Hall–Kier alpha value is -1.74. The number of hydrogen-bond donors (Lipinski definition) is 1. The first-order chi connectivity index (χ1) is 10.5. The van der Waals surface area contributed by atoms with Crippen LogP contribution < -0.4 is 5.32 Å². The molecule has 0 bridgehead atoms. The molecule has 1 aromatic rings. The SMILES string of the molecule is O=C(c1ccc([N+](=O)[O-])s1)N1CCN(C(=S)NC2CC2)CC1. The number of nitro groups is 1. The van der Waals surface area contributed by atoms with Gasteiger partial charge in [-0.25, -0.2) is 0 Å². The highest BCUT2D eigenvalue weighted by Crippen LogP contribution is 2.25. The maximum absolute atomic E-state index is 12.3. The van der Waals surface area contributed by atoms with Gasteiger partial charge in [-0.15, -0.1) is 0 Å². The third-order valence-corrected chi connectivity index (χ3v) is 5.14. The summed E-state index contributed by atoms with van der Waals surface area (Å²) in [5.74, 6) is -0.140. The number of hydrogen-bond acceptors (Lipinski definition) is 5. The van der Waals surface area contributed by atoms with E-state index in [-0.39, 0.29) is 10.9 Å². The highest BCUT2D eigenvalue weighted by atomic mass is 32.1. The largest absolute Gasteiger partial charge is 0.360 e. The van der Waals surface area contributed by atoms with Gasteiger partial charge in [-0.05, 0) is 31.1 Å². The summed E-state index contributed by atoms with van der Waals surface area (Å²) in [5.41, 5.74) is 0. The van der Waals surface area contributed by atoms with E-state index < -0.39 is 4.92 Å². The number of nitrogens with zero attached hydrogens (tertiary/aromatic N) is 3. The number of piperazine rings is 1. The second-order valence-electron chi connectivity index (χ2n) is 5.40. The van der Waals surface area contributed by atoms with Crippen LogP contribution in [0.3, 0.4) is 0 Å². The van der Waals surface area contributed by atoms with Crippen LogP contribution in [0.15, 0.2) is 12.1 Å². The van der Waals surface area contributed by atoms with Gasteiger partial charge in [0.1, 0.15) is 0 Å². The lowest BCUT2D eigenvalue weighted by molar-refractivity contribution is -0.380. The summed E-state index contributed by atoms with van der Waals surface area (Å²) in [7, 11) is 0. The molecule has 1 amide bonds. The van der Waals surface area contributed by atoms with Crippen LogP contribution in [0.2, 0.25) is 0 Å². The minimum absolute atomic E-state index is 0.00297. The minimum atomic E-state index is -0.471. The fourth-order valence-electron chi connectivity index (χ4n) is 2.30. The molecule has 0 radical (unpaired) electrons. The molecule has 118 valence electrons. The first kappa shape index (κ1) is 15.2. The van der Waals surface area contributed by atoms with E-state index in [0.717, 1.165) is 16.4 Å². The lowest BCUT2D eigenvalue weighted by atomic mass is 10.3. The van der Waals surface area contributed by atoms with Crippen molar-refractivity contribution in [2.24, 2.45) is 0 Å². The predicted molar refractivity (Wildman–Crippen MR) is 87.2 cm³/mol. The van der Waals surface area contributed by atoms with Crippen LogP contribution in [-0.2, 0) is 0 Å². The maximum Gasteiger partial charge on any atom is 0.324 e. The van der Waals surface area contributed by atoms with Crippen LogP contribution in [0.4, 0.5) is 5.00 Å². The van der Waals surface area contributed by atoms with Gasteiger partial charge in [0.05, 0.1) is 9.80 Å². The lowest BCUT2D eigenvalue weighted by Gasteiger charge is -2.36. The van der Waals surface area contributed by atoms with E-state index in [1.54, 1.807) is 4.90 Å². The fraction of sp³-hybridized carbons (Fsp3) is 0.538. The summed E-state index contributed by atoms with van der Waals surface area (Å²) in [6.45, 7) is 2.55. The Morgan fingerprint density at radius 1 is 1.27 bits per heavy atom. The molecule has 0 atom stereocenters. The van der Waals surface area contributed by atoms with E-state index in [9.17, 15) is 14.9 Å². The topological polar surface area (TPSA) is 78.7 Å². The molecule has 7 nitrogen and oxygen atoms in total. The minimum Gasteiger partial charge on any atom is -0.360 e. The molecule has 3 rings (SSSR count). The zero-order chi connectivity index (χ0) is 15.7. The lowest BCUT2D eigenvalue weighted by Crippen LogP contribution is -2.53. The molecular formula is C13H16N4O3S2. The van der Waals surface area contributed by atoms with Crippen LogP contribution in [0.1, 0.15) is 22.5 Å². The van der Waals surface area contributed by atoms with E-state index in [2.05, 4.69) is 10.2 Å². The maximum atomic E-state index is 12.3. The van der Waals surface area contributed by atoms with Crippen LogP contribution in [0.25, 0.3) is 0 Å². The summed E-state index contributed by atoms with van der Waals surface area (Å²) in [6.07, 6.45) is 2.35. The van der Waals surface area contributed by atoms with Gasteiger partial charge in [-0.1, -0.05) is 11.3 Å². The van der Waals surface area contributed by atoms with Crippen LogP contribution in [-0.4, -0.2) is 58.0 Å². The zero-order valence-corrected chi connectivity index (χ0v) is 13.5. The molecule has 1 aliphatic carbocycles. The van der Waals surface area contributed by atoms with Crippen molar-refractivity contribution >= 4 is 39.6 Å². The van der Waals surface area contributed by atoms with Crippen molar-refractivity contribution in [2.45, 2.75) is 18.9 Å². The van der Waals surface area contributed by atoms with E-state index in [1.165, 1.54) is 25.0 Å². The molecule has 1 saturated carbocycles. The molecule has 1 saturated heterocycles. The van der Waals surface area contributed by atoms with Gasteiger partial charge in [0, 0.05) is 38.3 Å². The smallest absolute Gasteiger partial charge is 0.324 e. The highest BCUT2D eigenvalue weighted by molar-refractivity contribution is 7.80. The molecule has 2 heterocycles. The summed E-state index contributed by atoms with van der Waals surface area (Å²) < 4.78 is 0. The number of thiocarbonyl (C=S) groups is 1. The van der Waals surface area contributed by atoms with Gasteiger partial charge in [0.15, 0.2) is 5.11 Å². The average Bonchev–Trinajstić information content (AvgIpc) is 3.18. The molecule has 1 aliphatic heterocycles. The second kappa shape index (κ2) is 6.17. The Morgan fingerprint density at radius 3 is 2.45 bits per heavy atom. The normalized spacial score (nSPS) is 18.2. The van der Waals surface area contributed by atoms with Crippen molar-refractivity contribution in [1.82, 2.24) is 15.1 Å². The number of carbonyl (C=O) groups is 1. The molecule has 9 heteroatoms. The van der Waals surface area contributed by atoms with Gasteiger partial charge in [-0.2, -0.15) is 0 Å². The van der Waals surface area contributed by atoms with E-state index >= 15 is 0 Å². The standard InChI is InChI=1S/C13H16N4O3S2/c18-12(10-3-4-11(22-10)17(19)20)15-5-7-16(8-6-15)13(21)14-9-1-2-9/h3-4,9H,1-2,5-8H2,(H,14,21). The molecule has 2 aliphatic rings. The highest BCUT2D eigenvalue weighted by Gasteiger charge is 2.28. The van der Waals surface area contributed by atoms with Crippen molar-refractivity contribution < 1.29 is 9.72 Å². The molecule has 2 fully saturated rings. The second-order valence-corrected chi connectivity index (χ2v) is 6.85. The molecular weight excluding hydrogens is 324 g/mol. The summed E-state index contributed by atoms with van der Waals surface area (Å²) in [5, 5.41) is 14.7. The van der Waals surface area contributed by atoms with Gasteiger partial charge < -0.3 is 15.1 Å². The Bertz CT molecular complexity index is 606. The van der Waals surface area contributed by atoms with Crippen LogP contribution >= 0.6 is 23.6 Å². The Labute approximate surface area is 137 Å². The molecule has 0 spiro atoms. The number of carbonyl (C=O) groups excluding carboxylic acids is 1. The van der Waals surface area contributed by atoms with E-state index in [4.69, 9.17) is 12.2 Å². The van der Waals surface area contributed by atoms with Crippen LogP contribution in [0, 0.1) is 10.1 Å². The molecule has 22 heavy (non-hydrogen) atoms. The number of nitrogens with one attached hydrogen (secondary N) is 1. The van der Waals surface area contributed by atoms with Crippen molar-refractivity contribution in [3.05, 3.63) is 27.1 Å². The molecule has 1 aromatic heterocycles. The summed E-state index contributed by atoms with van der Waals surface area (Å²) >= 11 is 6.28. The van der Waals surface area contributed by atoms with E-state index in [0.29, 0.717) is 37.1 Å². The number of thiophene rings is 1. The predicted octanol–water partition coefficient (Wildman–Crippen LogP) is 1.45. The van der Waals surface area contributed by atoms with Gasteiger partial charge in [-0.3, -0.25) is 14.9 Å². The third kappa shape index (κ3) is 3.36. The summed E-state index contributed by atoms with van der Waals surface area (Å²) in [4.78, 5) is 26.8. The van der Waals surface area contributed by atoms with Gasteiger partial charge in [0.2, 0.25) is 0 Å². The summed E-state index contributed by atoms with van der Waals surface area (Å²) in [6, 6.07) is 3.43. The monoisotopic (exact) mass is 340 g/mol. The Morgan fingerprint density at radius 2 is 1.91 bits per heavy atom. The average molecular weight is 340 g/mol. The third-order valence-electron chi connectivity index (χ3n) is 3.74. The Kier molecular flexibility index (Phi) is 4.25. The zero-order valence-electron chi connectivity index (χ0n) is 11.9. The quantitative estimate of drug-likeness (QED) is 0.510. The molecule has 0 aromatic carbocycles. The van der Waals surface area contributed by atoms with Gasteiger partial charge >= 0.3 is 5.00 Å².